The monoisotopic (exact) mass is 268 g/mol. The lowest BCUT2D eigenvalue weighted by atomic mass is 9.93. The van der Waals surface area contributed by atoms with Gasteiger partial charge in [-0.3, -0.25) is 9.69 Å². The molecule has 2 heterocycles. The Kier molecular flexibility index (Phi) is 5.22. The fourth-order valence-electron chi connectivity index (χ4n) is 3.36. The van der Waals surface area contributed by atoms with Crippen LogP contribution in [0.15, 0.2) is 0 Å². The van der Waals surface area contributed by atoms with Crippen molar-refractivity contribution in [3.8, 4) is 0 Å². The summed E-state index contributed by atoms with van der Waals surface area (Å²) in [5.41, 5.74) is 0. The van der Waals surface area contributed by atoms with Crippen molar-refractivity contribution in [2.24, 2.45) is 11.8 Å². The van der Waals surface area contributed by atoms with E-state index in [1.54, 1.807) is 0 Å². The average molecular weight is 268 g/mol. The molecule has 2 rings (SSSR count). The quantitative estimate of drug-likeness (QED) is 0.846. The van der Waals surface area contributed by atoms with Crippen LogP contribution in [-0.2, 0) is 4.79 Å². The molecule has 0 aromatic carbocycles. The number of rotatable bonds is 4. The maximum absolute atomic E-state index is 11.1. The lowest BCUT2D eigenvalue weighted by Gasteiger charge is -2.39. The number of piperidine rings is 2. The Hall–Kier alpha value is -0.610. The van der Waals surface area contributed by atoms with Crippen LogP contribution in [0, 0.1) is 11.8 Å². The van der Waals surface area contributed by atoms with Crippen LogP contribution in [0.25, 0.3) is 0 Å². The van der Waals surface area contributed by atoms with Crippen LogP contribution in [0.5, 0.6) is 0 Å². The van der Waals surface area contributed by atoms with Gasteiger partial charge in [-0.15, -0.1) is 0 Å². The lowest BCUT2D eigenvalue weighted by Crippen LogP contribution is -2.48. The summed E-state index contributed by atoms with van der Waals surface area (Å²) in [7, 11) is 0. The minimum atomic E-state index is -0.688. The Morgan fingerprint density at radius 3 is 2.58 bits per heavy atom. The Morgan fingerprint density at radius 2 is 1.95 bits per heavy atom. The van der Waals surface area contributed by atoms with E-state index in [2.05, 4.69) is 16.7 Å². The van der Waals surface area contributed by atoms with Crippen LogP contribution < -0.4 is 0 Å². The van der Waals surface area contributed by atoms with Crippen LogP contribution >= 0.6 is 0 Å². The molecule has 110 valence electrons. The molecule has 0 saturated carbocycles. The molecule has 0 aliphatic carbocycles. The van der Waals surface area contributed by atoms with E-state index in [0.717, 1.165) is 32.0 Å². The van der Waals surface area contributed by atoms with E-state index in [-0.39, 0.29) is 6.04 Å². The predicted molar refractivity (Wildman–Crippen MR) is 76.2 cm³/mol. The van der Waals surface area contributed by atoms with Gasteiger partial charge < -0.3 is 10.0 Å². The first-order valence-electron chi connectivity index (χ1n) is 7.75. The van der Waals surface area contributed by atoms with Gasteiger partial charge in [-0.1, -0.05) is 6.92 Å². The summed E-state index contributed by atoms with van der Waals surface area (Å²) < 4.78 is 0. The van der Waals surface area contributed by atoms with Crippen LogP contribution in [0.3, 0.4) is 0 Å². The maximum Gasteiger partial charge on any atom is 0.320 e. The first-order chi connectivity index (χ1) is 9.06. The number of likely N-dealkylation sites (tertiary alicyclic amines) is 2. The van der Waals surface area contributed by atoms with Gasteiger partial charge in [-0.2, -0.15) is 0 Å². The number of aliphatic carboxylic acids is 1. The molecular formula is C15H28N2O2. The van der Waals surface area contributed by atoms with Gasteiger partial charge in [0.2, 0.25) is 0 Å². The van der Waals surface area contributed by atoms with Gasteiger partial charge in [0, 0.05) is 13.1 Å². The van der Waals surface area contributed by atoms with Crippen molar-refractivity contribution in [3.63, 3.8) is 0 Å². The molecule has 2 fully saturated rings. The fourth-order valence-corrected chi connectivity index (χ4v) is 3.36. The van der Waals surface area contributed by atoms with E-state index in [9.17, 15) is 4.79 Å². The van der Waals surface area contributed by atoms with Crippen molar-refractivity contribution in [2.45, 2.75) is 45.6 Å². The molecule has 2 aliphatic heterocycles. The number of hydrogen-bond acceptors (Lipinski definition) is 3. The highest BCUT2D eigenvalue weighted by Crippen LogP contribution is 2.22. The minimum Gasteiger partial charge on any atom is -0.480 e. The summed E-state index contributed by atoms with van der Waals surface area (Å²) in [5.74, 6) is 0.850. The smallest absolute Gasteiger partial charge is 0.320 e. The molecule has 2 atom stereocenters. The van der Waals surface area contributed by atoms with Crippen molar-refractivity contribution in [3.05, 3.63) is 0 Å². The van der Waals surface area contributed by atoms with Crippen molar-refractivity contribution in [1.29, 1.82) is 0 Å². The highest BCUT2D eigenvalue weighted by atomic mass is 16.4. The average Bonchev–Trinajstić information content (AvgIpc) is 2.41. The molecule has 2 unspecified atom stereocenters. The largest absolute Gasteiger partial charge is 0.480 e. The van der Waals surface area contributed by atoms with Gasteiger partial charge in [-0.05, 0) is 64.1 Å². The molecule has 4 nitrogen and oxygen atoms in total. The van der Waals surface area contributed by atoms with Gasteiger partial charge in [0.15, 0.2) is 0 Å². The fraction of sp³-hybridized carbons (Fsp3) is 0.933. The molecule has 1 N–H and O–H groups in total. The minimum absolute atomic E-state index is 0.329. The SMILES string of the molecule is CC1CCN(CC2CCCN(C(C)C(=O)O)C2)CC1. The Labute approximate surface area is 116 Å². The van der Waals surface area contributed by atoms with Gasteiger partial charge in [-0.25, -0.2) is 0 Å². The third kappa shape index (κ3) is 4.18. The van der Waals surface area contributed by atoms with Gasteiger partial charge in [0.1, 0.15) is 6.04 Å². The van der Waals surface area contributed by atoms with E-state index in [1.807, 2.05) is 6.92 Å². The molecule has 2 aliphatic rings. The molecule has 0 aromatic rings. The molecule has 0 radical (unpaired) electrons. The van der Waals surface area contributed by atoms with E-state index in [1.165, 1.54) is 32.4 Å². The van der Waals surface area contributed by atoms with Crippen molar-refractivity contribution in [1.82, 2.24) is 9.80 Å². The normalized spacial score (nSPS) is 29.3. The van der Waals surface area contributed by atoms with E-state index in [0.29, 0.717) is 5.92 Å². The van der Waals surface area contributed by atoms with Gasteiger partial charge >= 0.3 is 5.97 Å². The highest BCUT2D eigenvalue weighted by Gasteiger charge is 2.28. The number of carbonyl (C=O) groups is 1. The first kappa shape index (κ1) is 14.8. The molecule has 2 saturated heterocycles. The molecule has 0 spiro atoms. The number of hydrogen-bond donors (Lipinski definition) is 1. The summed E-state index contributed by atoms with van der Waals surface area (Å²) in [6, 6.07) is -0.329. The summed E-state index contributed by atoms with van der Waals surface area (Å²) >= 11 is 0. The van der Waals surface area contributed by atoms with Crippen LogP contribution in [0.4, 0.5) is 0 Å². The second-order valence-corrected chi connectivity index (χ2v) is 6.50. The zero-order valence-corrected chi connectivity index (χ0v) is 12.3. The summed E-state index contributed by atoms with van der Waals surface area (Å²) in [6.07, 6.45) is 5.05. The van der Waals surface area contributed by atoms with E-state index >= 15 is 0 Å². The maximum atomic E-state index is 11.1. The van der Waals surface area contributed by atoms with Crippen molar-refractivity contribution in [2.75, 3.05) is 32.7 Å². The third-order valence-corrected chi connectivity index (χ3v) is 4.85. The Bertz CT molecular complexity index is 301. The Morgan fingerprint density at radius 1 is 1.26 bits per heavy atom. The second-order valence-electron chi connectivity index (χ2n) is 6.50. The molecular weight excluding hydrogens is 240 g/mol. The molecule has 0 aromatic heterocycles. The Balaban J connectivity index is 1.79. The van der Waals surface area contributed by atoms with E-state index in [4.69, 9.17) is 5.11 Å². The molecule has 19 heavy (non-hydrogen) atoms. The van der Waals surface area contributed by atoms with Crippen LogP contribution in [-0.4, -0.2) is 59.6 Å². The lowest BCUT2D eigenvalue weighted by molar-refractivity contribution is -0.143. The topological polar surface area (TPSA) is 43.8 Å². The summed E-state index contributed by atoms with van der Waals surface area (Å²) in [5, 5.41) is 9.12. The van der Waals surface area contributed by atoms with Gasteiger partial charge in [0.05, 0.1) is 0 Å². The molecule has 0 bridgehead atoms. The van der Waals surface area contributed by atoms with Crippen LogP contribution in [0.2, 0.25) is 0 Å². The summed E-state index contributed by atoms with van der Waals surface area (Å²) in [6.45, 7) is 9.68. The first-order valence-corrected chi connectivity index (χ1v) is 7.75. The number of carboxylic acid groups (broad SMARTS) is 1. The highest BCUT2D eigenvalue weighted by molar-refractivity contribution is 5.72. The second kappa shape index (κ2) is 6.71. The van der Waals surface area contributed by atoms with Gasteiger partial charge in [0.25, 0.3) is 0 Å². The predicted octanol–water partition coefficient (Wildman–Crippen LogP) is 1.90. The zero-order valence-electron chi connectivity index (χ0n) is 12.3. The third-order valence-electron chi connectivity index (χ3n) is 4.85. The van der Waals surface area contributed by atoms with Crippen molar-refractivity contribution < 1.29 is 9.90 Å². The molecule has 0 amide bonds. The molecule has 4 heteroatoms. The van der Waals surface area contributed by atoms with Crippen LogP contribution in [0.1, 0.15) is 39.5 Å². The number of nitrogens with zero attached hydrogens (tertiary/aromatic N) is 2. The van der Waals surface area contributed by atoms with E-state index < -0.39 is 5.97 Å². The van der Waals surface area contributed by atoms with Crippen molar-refractivity contribution >= 4 is 5.97 Å². The standard InChI is InChI=1S/C15H28N2O2/c1-12-5-8-16(9-6-12)10-14-4-3-7-17(11-14)13(2)15(18)19/h12-14H,3-11H2,1-2H3,(H,18,19). The zero-order chi connectivity index (χ0) is 13.8. The summed E-state index contributed by atoms with van der Waals surface area (Å²) in [4.78, 5) is 15.8. The number of carboxylic acids is 1.